The number of rotatable bonds is 6. The molecule has 0 fully saturated rings. The summed E-state index contributed by atoms with van der Waals surface area (Å²) in [6.07, 6.45) is 1.14. The molecule has 0 bridgehead atoms. The molecular formula is C8H17ClS2. The van der Waals surface area contributed by atoms with Gasteiger partial charge in [0.25, 0.3) is 0 Å². The average molecular weight is 213 g/mol. The molecular weight excluding hydrogens is 196 g/mol. The van der Waals surface area contributed by atoms with Crippen LogP contribution in [0.25, 0.3) is 0 Å². The van der Waals surface area contributed by atoms with Gasteiger partial charge in [0, 0.05) is 16.9 Å². The molecule has 0 rings (SSSR count). The summed E-state index contributed by atoms with van der Waals surface area (Å²) in [6, 6.07) is 0. The molecule has 0 heterocycles. The molecule has 0 saturated carbocycles. The maximum atomic E-state index is 5.70. The SMILES string of the molecule is CCSSC(CCCl)C(C)C. The molecule has 0 spiro atoms. The van der Waals surface area contributed by atoms with Gasteiger partial charge >= 0.3 is 0 Å². The molecule has 0 aromatic carbocycles. The van der Waals surface area contributed by atoms with Gasteiger partial charge in [-0.05, 0) is 12.3 Å². The number of hydrogen-bond donors (Lipinski definition) is 0. The third-order valence-electron chi connectivity index (χ3n) is 1.45. The standard InChI is InChI=1S/C8H17ClS2/c1-4-10-11-8(5-6-9)7(2)3/h7-8H,4-6H2,1-3H3. The molecule has 0 aliphatic heterocycles. The first-order valence-corrected chi connectivity index (χ1v) is 6.98. The van der Waals surface area contributed by atoms with Gasteiger partial charge in [-0.15, -0.1) is 11.6 Å². The zero-order chi connectivity index (χ0) is 8.69. The fourth-order valence-corrected chi connectivity index (χ4v) is 3.76. The van der Waals surface area contributed by atoms with Crippen molar-refractivity contribution in [1.82, 2.24) is 0 Å². The molecule has 0 aromatic heterocycles. The average Bonchev–Trinajstić information content (AvgIpc) is 1.97. The second kappa shape index (κ2) is 7.63. The van der Waals surface area contributed by atoms with E-state index in [2.05, 4.69) is 20.8 Å². The van der Waals surface area contributed by atoms with Crippen LogP contribution in [-0.2, 0) is 0 Å². The predicted molar refractivity (Wildman–Crippen MR) is 59.7 cm³/mol. The monoisotopic (exact) mass is 212 g/mol. The van der Waals surface area contributed by atoms with Gasteiger partial charge in [0.1, 0.15) is 0 Å². The van der Waals surface area contributed by atoms with Crippen LogP contribution in [0.2, 0.25) is 0 Å². The summed E-state index contributed by atoms with van der Waals surface area (Å²) in [4.78, 5) is 0. The van der Waals surface area contributed by atoms with Gasteiger partial charge < -0.3 is 0 Å². The normalized spacial score (nSPS) is 13.9. The molecule has 0 aliphatic rings. The van der Waals surface area contributed by atoms with Gasteiger partial charge in [-0.3, -0.25) is 0 Å². The van der Waals surface area contributed by atoms with Crippen LogP contribution in [0.4, 0.5) is 0 Å². The van der Waals surface area contributed by atoms with Crippen molar-refractivity contribution in [2.75, 3.05) is 11.6 Å². The molecule has 0 nitrogen and oxygen atoms in total. The van der Waals surface area contributed by atoms with E-state index in [4.69, 9.17) is 11.6 Å². The highest BCUT2D eigenvalue weighted by Gasteiger charge is 2.12. The largest absolute Gasteiger partial charge is 0.127 e. The van der Waals surface area contributed by atoms with Crippen molar-refractivity contribution < 1.29 is 0 Å². The lowest BCUT2D eigenvalue weighted by molar-refractivity contribution is 0.598. The summed E-state index contributed by atoms with van der Waals surface area (Å²) in [5, 5.41) is 0.734. The van der Waals surface area contributed by atoms with E-state index >= 15 is 0 Å². The molecule has 0 N–H and O–H groups in total. The van der Waals surface area contributed by atoms with Gasteiger partial charge in [-0.25, -0.2) is 0 Å². The van der Waals surface area contributed by atoms with Crippen molar-refractivity contribution >= 4 is 33.2 Å². The zero-order valence-corrected chi connectivity index (χ0v) is 9.86. The fraction of sp³-hybridized carbons (Fsp3) is 1.00. The van der Waals surface area contributed by atoms with Crippen molar-refractivity contribution in [3.8, 4) is 0 Å². The maximum absolute atomic E-state index is 5.70. The molecule has 3 heteroatoms. The summed E-state index contributed by atoms with van der Waals surface area (Å²) in [5.74, 6) is 2.73. The summed E-state index contributed by atoms with van der Waals surface area (Å²) < 4.78 is 0. The van der Waals surface area contributed by atoms with E-state index < -0.39 is 0 Å². The minimum absolute atomic E-state index is 0.734. The Morgan fingerprint density at radius 3 is 2.36 bits per heavy atom. The Morgan fingerprint density at radius 2 is 2.00 bits per heavy atom. The van der Waals surface area contributed by atoms with E-state index in [0.717, 1.165) is 23.5 Å². The van der Waals surface area contributed by atoms with Crippen LogP contribution in [-0.4, -0.2) is 16.9 Å². The van der Waals surface area contributed by atoms with Gasteiger partial charge in [-0.1, -0.05) is 42.4 Å². The first-order chi connectivity index (χ1) is 5.22. The summed E-state index contributed by atoms with van der Waals surface area (Å²) in [5.41, 5.74) is 0. The highest BCUT2D eigenvalue weighted by molar-refractivity contribution is 8.76. The van der Waals surface area contributed by atoms with E-state index in [9.17, 15) is 0 Å². The maximum Gasteiger partial charge on any atom is 0.0234 e. The van der Waals surface area contributed by atoms with Gasteiger partial charge in [0.05, 0.1) is 0 Å². The summed E-state index contributed by atoms with van der Waals surface area (Å²) >= 11 is 5.70. The molecule has 68 valence electrons. The molecule has 0 saturated heterocycles. The van der Waals surface area contributed by atoms with E-state index in [1.165, 1.54) is 5.75 Å². The fourth-order valence-electron chi connectivity index (χ4n) is 0.756. The van der Waals surface area contributed by atoms with E-state index in [1.54, 1.807) is 0 Å². The van der Waals surface area contributed by atoms with Crippen LogP contribution < -0.4 is 0 Å². The van der Waals surface area contributed by atoms with Crippen LogP contribution in [0, 0.1) is 5.92 Å². The second-order valence-electron chi connectivity index (χ2n) is 2.76. The van der Waals surface area contributed by atoms with Crippen LogP contribution in [0.3, 0.4) is 0 Å². The zero-order valence-electron chi connectivity index (χ0n) is 7.47. The minimum Gasteiger partial charge on any atom is -0.127 e. The smallest absolute Gasteiger partial charge is 0.0234 e. The Bertz CT molecular complexity index is 86.2. The Kier molecular flexibility index (Phi) is 8.32. The topological polar surface area (TPSA) is 0 Å². The molecule has 0 aromatic rings. The van der Waals surface area contributed by atoms with Gasteiger partial charge in [0.2, 0.25) is 0 Å². The van der Waals surface area contributed by atoms with Gasteiger partial charge in [0.15, 0.2) is 0 Å². The third-order valence-corrected chi connectivity index (χ3v) is 4.92. The van der Waals surface area contributed by atoms with Crippen molar-refractivity contribution in [1.29, 1.82) is 0 Å². The van der Waals surface area contributed by atoms with Crippen LogP contribution in [0.1, 0.15) is 27.2 Å². The number of alkyl halides is 1. The molecule has 11 heavy (non-hydrogen) atoms. The molecule has 0 aliphatic carbocycles. The van der Waals surface area contributed by atoms with Crippen molar-refractivity contribution in [3.05, 3.63) is 0 Å². The Balaban J connectivity index is 3.51. The van der Waals surface area contributed by atoms with Gasteiger partial charge in [-0.2, -0.15) is 0 Å². The molecule has 1 unspecified atom stereocenters. The lowest BCUT2D eigenvalue weighted by Gasteiger charge is -2.17. The highest BCUT2D eigenvalue weighted by Crippen LogP contribution is 2.33. The third kappa shape index (κ3) is 6.18. The Morgan fingerprint density at radius 1 is 1.36 bits per heavy atom. The number of hydrogen-bond acceptors (Lipinski definition) is 2. The van der Waals surface area contributed by atoms with Crippen LogP contribution >= 0.6 is 33.2 Å². The lowest BCUT2D eigenvalue weighted by Crippen LogP contribution is -2.10. The Hall–Kier alpha value is 0.990. The molecule has 1 atom stereocenters. The van der Waals surface area contributed by atoms with E-state index in [0.29, 0.717) is 0 Å². The Labute approximate surface area is 83.2 Å². The van der Waals surface area contributed by atoms with Crippen molar-refractivity contribution in [2.24, 2.45) is 5.92 Å². The number of halogens is 1. The summed E-state index contributed by atoms with van der Waals surface area (Å²) in [6.45, 7) is 6.72. The predicted octanol–water partition coefficient (Wildman–Crippen LogP) is 4.04. The van der Waals surface area contributed by atoms with Crippen LogP contribution in [0.15, 0.2) is 0 Å². The molecule has 0 amide bonds. The first kappa shape index (κ1) is 12.0. The molecule has 0 radical (unpaired) electrons. The van der Waals surface area contributed by atoms with Crippen LogP contribution in [0.5, 0.6) is 0 Å². The summed E-state index contributed by atoms with van der Waals surface area (Å²) in [7, 11) is 3.93. The van der Waals surface area contributed by atoms with E-state index in [1.807, 2.05) is 21.6 Å². The van der Waals surface area contributed by atoms with E-state index in [-0.39, 0.29) is 0 Å². The highest BCUT2D eigenvalue weighted by atomic mass is 35.5. The van der Waals surface area contributed by atoms with Crippen molar-refractivity contribution in [3.63, 3.8) is 0 Å². The minimum atomic E-state index is 0.734. The second-order valence-corrected chi connectivity index (χ2v) is 6.04. The first-order valence-electron chi connectivity index (χ1n) is 4.06. The lowest BCUT2D eigenvalue weighted by atomic mass is 10.1. The van der Waals surface area contributed by atoms with Crippen molar-refractivity contribution in [2.45, 2.75) is 32.4 Å². The quantitative estimate of drug-likeness (QED) is 0.482.